The largest absolute Gasteiger partial charge is 0.394 e. The van der Waals surface area contributed by atoms with Crippen molar-refractivity contribution in [3.05, 3.63) is 53.9 Å². The summed E-state index contributed by atoms with van der Waals surface area (Å²) in [5.41, 5.74) is 1.72. The number of hydrogen-bond acceptors (Lipinski definition) is 4. The Morgan fingerprint density at radius 3 is 2.73 bits per heavy atom. The molecule has 2 aromatic rings. The van der Waals surface area contributed by atoms with Crippen molar-refractivity contribution in [2.45, 2.75) is 31.4 Å². The van der Waals surface area contributed by atoms with Crippen molar-refractivity contribution in [3.8, 4) is 0 Å². The van der Waals surface area contributed by atoms with Crippen LogP contribution in [-0.4, -0.2) is 39.0 Å². The molecular formula is C16H21N3O3. The van der Waals surface area contributed by atoms with Crippen molar-refractivity contribution >= 4 is 5.91 Å². The van der Waals surface area contributed by atoms with E-state index in [2.05, 4.69) is 15.5 Å². The van der Waals surface area contributed by atoms with Crippen LogP contribution in [-0.2, 0) is 11.2 Å². The van der Waals surface area contributed by atoms with Gasteiger partial charge in [0.1, 0.15) is 6.10 Å². The molecule has 0 saturated heterocycles. The highest BCUT2D eigenvalue weighted by Gasteiger charge is 2.21. The Hall–Kier alpha value is -2.18. The monoisotopic (exact) mass is 303 g/mol. The van der Waals surface area contributed by atoms with Gasteiger partial charge >= 0.3 is 0 Å². The van der Waals surface area contributed by atoms with Gasteiger partial charge in [0.15, 0.2) is 0 Å². The maximum absolute atomic E-state index is 11.9. The summed E-state index contributed by atoms with van der Waals surface area (Å²) in [4.78, 5) is 11.9. The molecule has 0 aliphatic rings. The van der Waals surface area contributed by atoms with Crippen LogP contribution in [0, 0.1) is 0 Å². The number of aryl methyl sites for hydroxylation is 1. The summed E-state index contributed by atoms with van der Waals surface area (Å²) in [5, 5.41) is 28.9. The van der Waals surface area contributed by atoms with E-state index in [1.165, 1.54) is 0 Å². The van der Waals surface area contributed by atoms with Crippen LogP contribution in [0.3, 0.4) is 0 Å². The lowest BCUT2D eigenvalue weighted by Gasteiger charge is -2.22. The van der Waals surface area contributed by atoms with E-state index in [0.717, 1.165) is 12.0 Å². The van der Waals surface area contributed by atoms with Crippen molar-refractivity contribution in [3.63, 3.8) is 0 Å². The number of rotatable bonds is 8. The number of amides is 1. The van der Waals surface area contributed by atoms with Crippen LogP contribution >= 0.6 is 0 Å². The third-order valence-electron chi connectivity index (χ3n) is 3.49. The summed E-state index contributed by atoms with van der Waals surface area (Å²) >= 11 is 0. The van der Waals surface area contributed by atoms with Gasteiger partial charge in [0, 0.05) is 12.6 Å². The first-order valence-electron chi connectivity index (χ1n) is 7.31. The summed E-state index contributed by atoms with van der Waals surface area (Å²) in [7, 11) is 0. The minimum Gasteiger partial charge on any atom is -0.394 e. The van der Waals surface area contributed by atoms with Crippen LogP contribution < -0.4 is 5.32 Å². The molecule has 0 aliphatic carbocycles. The summed E-state index contributed by atoms with van der Waals surface area (Å²) in [6.07, 6.45) is 4.38. The van der Waals surface area contributed by atoms with Crippen molar-refractivity contribution in [1.29, 1.82) is 0 Å². The van der Waals surface area contributed by atoms with Crippen LogP contribution in [0.2, 0.25) is 0 Å². The number of nitrogens with zero attached hydrogens (tertiary/aromatic N) is 1. The molecule has 0 aliphatic heterocycles. The molecule has 2 atom stereocenters. The fourth-order valence-corrected chi connectivity index (χ4v) is 2.25. The van der Waals surface area contributed by atoms with Crippen LogP contribution in [0.1, 0.15) is 30.1 Å². The summed E-state index contributed by atoms with van der Waals surface area (Å²) in [6, 6.07) is 8.28. The fraction of sp³-hybridized carbons (Fsp3) is 0.375. The molecule has 6 heteroatoms. The van der Waals surface area contributed by atoms with Crippen molar-refractivity contribution in [2.75, 3.05) is 6.61 Å². The molecule has 6 nitrogen and oxygen atoms in total. The third kappa shape index (κ3) is 4.68. The number of carbonyl (C=O) groups excluding carboxylic acids is 1. The summed E-state index contributed by atoms with van der Waals surface area (Å²) < 4.78 is 0. The normalized spacial score (nSPS) is 13.5. The van der Waals surface area contributed by atoms with Gasteiger partial charge in [0.2, 0.25) is 5.91 Å². The first-order chi connectivity index (χ1) is 10.7. The van der Waals surface area contributed by atoms with Crippen molar-refractivity contribution in [1.82, 2.24) is 15.5 Å². The molecule has 4 N–H and O–H groups in total. The minimum atomic E-state index is -0.927. The Kier molecular flexibility index (Phi) is 6.12. The number of nitrogens with one attached hydrogen (secondary N) is 2. The second-order valence-electron chi connectivity index (χ2n) is 5.17. The molecule has 0 unspecified atom stereocenters. The SMILES string of the molecule is O=C(CCCc1cn[nH]c1)N[C@@H](CO)[C@@H](O)c1ccccc1. The van der Waals surface area contributed by atoms with Gasteiger partial charge in [-0.1, -0.05) is 30.3 Å². The lowest BCUT2D eigenvalue weighted by Crippen LogP contribution is -2.41. The van der Waals surface area contributed by atoms with E-state index in [0.29, 0.717) is 18.4 Å². The molecule has 1 aromatic carbocycles. The van der Waals surface area contributed by atoms with E-state index in [4.69, 9.17) is 0 Å². The number of hydrogen-bond donors (Lipinski definition) is 4. The third-order valence-corrected chi connectivity index (χ3v) is 3.49. The van der Waals surface area contributed by atoms with E-state index in [9.17, 15) is 15.0 Å². The number of aliphatic hydroxyl groups is 2. The van der Waals surface area contributed by atoms with Gasteiger partial charge in [-0.05, 0) is 24.0 Å². The highest BCUT2D eigenvalue weighted by Crippen LogP contribution is 2.16. The molecule has 0 spiro atoms. The number of carbonyl (C=O) groups is 1. The zero-order valence-electron chi connectivity index (χ0n) is 12.3. The average Bonchev–Trinajstić information content (AvgIpc) is 3.06. The van der Waals surface area contributed by atoms with Gasteiger partial charge in [-0.25, -0.2) is 0 Å². The molecule has 1 heterocycles. The molecule has 2 rings (SSSR count). The second-order valence-corrected chi connectivity index (χ2v) is 5.17. The standard InChI is InChI=1S/C16H21N3O3/c20-11-14(16(22)13-6-2-1-3-7-13)19-15(21)8-4-5-12-9-17-18-10-12/h1-3,6-7,9-10,14,16,20,22H,4-5,8,11H2,(H,17,18)(H,19,21)/t14-,16-/m0/s1. The zero-order valence-corrected chi connectivity index (χ0v) is 12.3. The summed E-state index contributed by atoms with van der Waals surface area (Å²) in [5.74, 6) is -0.183. The number of benzene rings is 1. The number of aromatic nitrogens is 2. The first-order valence-corrected chi connectivity index (χ1v) is 7.31. The number of aliphatic hydroxyl groups excluding tert-OH is 2. The lowest BCUT2D eigenvalue weighted by atomic mass is 10.0. The second kappa shape index (κ2) is 8.31. The number of aromatic amines is 1. The number of H-pyrrole nitrogens is 1. The Morgan fingerprint density at radius 2 is 2.09 bits per heavy atom. The van der Waals surface area contributed by atoms with E-state index in [-0.39, 0.29) is 12.5 Å². The van der Waals surface area contributed by atoms with Crippen LogP contribution in [0.15, 0.2) is 42.7 Å². The quantitative estimate of drug-likeness (QED) is 0.583. The van der Waals surface area contributed by atoms with Gasteiger partial charge in [0.05, 0.1) is 18.8 Å². The zero-order chi connectivity index (χ0) is 15.8. The van der Waals surface area contributed by atoms with E-state index < -0.39 is 12.1 Å². The molecule has 1 amide bonds. The molecular weight excluding hydrogens is 282 g/mol. The Labute approximate surface area is 129 Å². The summed E-state index contributed by atoms with van der Waals surface area (Å²) in [6.45, 7) is -0.316. The molecule has 0 fully saturated rings. The molecule has 0 radical (unpaired) electrons. The molecule has 0 saturated carbocycles. The smallest absolute Gasteiger partial charge is 0.220 e. The van der Waals surface area contributed by atoms with Crippen LogP contribution in [0.5, 0.6) is 0 Å². The van der Waals surface area contributed by atoms with E-state index >= 15 is 0 Å². The van der Waals surface area contributed by atoms with Gasteiger partial charge in [0.25, 0.3) is 0 Å². The predicted molar refractivity (Wildman–Crippen MR) is 81.9 cm³/mol. The highest BCUT2D eigenvalue weighted by atomic mass is 16.3. The molecule has 22 heavy (non-hydrogen) atoms. The highest BCUT2D eigenvalue weighted by molar-refractivity contribution is 5.76. The van der Waals surface area contributed by atoms with Crippen molar-refractivity contribution < 1.29 is 15.0 Å². The van der Waals surface area contributed by atoms with Crippen LogP contribution in [0.4, 0.5) is 0 Å². The maximum atomic E-state index is 11.9. The van der Waals surface area contributed by atoms with Gasteiger partial charge in [-0.2, -0.15) is 5.10 Å². The molecule has 1 aromatic heterocycles. The predicted octanol–water partition coefficient (Wildman–Crippen LogP) is 0.943. The fourth-order valence-electron chi connectivity index (χ4n) is 2.25. The van der Waals surface area contributed by atoms with Gasteiger partial charge in [-0.3, -0.25) is 9.89 Å². The Bertz CT molecular complexity index is 557. The maximum Gasteiger partial charge on any atom is 0.220 e. The van der Waals surface area contributed by atoms with E-state index in [1.54, 1.807) is 36.7 Å². The van der Waals surface area contributed by atoms with Gasteiger partial charge < -0.3 is 15.5 Å². The van der Waals surface area contributed by atoms with Crippen molar-refractivity contribution in [2.24, 2.45) is 0 Å². The molecule has 118 valence electrons. The van der Waals surface area contributed by atoms with E-state index in [1.807, 2.05) is 6.07 Å². The first kappa shape index (κ1) is 16.2. The molecule has 0 bridgehead atoms. The lowest BCUT2D eigenvalue weighted by molar-refractivity contribution is -0.123. The topological polar surface area (TPSA) is 98.2 Å². The van der Waals surface area contributed by atoms with Crippen LogP contribution in [0.25, 0.3) is 0 Å². The Balaban J connectivity index is 1.80. The minimum absolute atomic E-state index is 0.183. The average molecular weight is 303 g/mol. The Morgan fingerprint density at radius 1 is 1.32 bits per heavy atom. The van der Waals surface area contributed by atoms with Gasteiger partial charge in [-0.15, -0.1) is 0 Å².